The molecule has 0 radical (unpaired) electrons. The van der Waals surface area contributed by atoms with Crippen LogP contribution < -0.4 is 10.0 Å². The maximum atomic E-state index is 12.7. The lowest BCUT2D eigenvalue weighted by molar-refractivity contribution is -0.130. The van der Waals surface area contributed by atoms with Gasteiger partial charge in [-0.25, -0.2) is 13.1 Å². The zero-order valence-corrected chi connectivity index (χ0v) is 19.1. The summed E-state index contributed by atoms with van der Waals surface area (Å²) in [7, 11) is -3.71. The van der Waals surface area contributed by atoms with E-state index in [0.29, 0.717) is 19.4 Å². The van der Waals surface area contributed by atoms with E-state index < -0.39 is 22.2 Å². The number of nitrogens with zero attached hydrogens (tertiary/aromatic N) is 1. The van der Waals surface area contributed by atoms with Crippen LogP contribution in [0.2, 0.25) is 0 Å². The van der Waals surface area contributed by atoms with Crippen molar-refractivity contribution in [3.63, 3.8) is 0 Å². The molecule has 2 aliphatic heterocycles. The first-order valence-corrected chi connectivity index (χ1v) is 12.7. The van der Waals surface area contributed by atoms with Gasteiger partial charge in [0, 0.05) is 13.1 Å². The summed E-state index contributed by atoms with van der Waals surface area (Å²) in [6.45, 7) is 5.26. The second-order valence-corrected chi connectivity index (χ2v) is 10.3. The van der Waals surface area contributed by atoms with Crippen LogP contribution in [-0.4, -0.2) is 75.4 Å². The molecule has 2 aliphatic rings. The Hall–Kier alpha value is -1.52. The Labute approximate surface area is 185 Å². The van der Waals surface area contributed by atoms with Crippen LogP contribution in [0, 0.1) is 6.92 Å². The zero-order valence-electron chi connectivity index (χ0n) is 18.3. The minimum atomic E-state index is -3.71. The maximum absolute atomic E-state index is 12.7. The van der Waals surface area contributed by atoms with Gasteiger partial charge in [-0.2, -0.15) is 0 Å². The molecule has 1 amide bonds. The van der Waals surface area contributed by atoms with Gasteiger partial charge in [0.25, 0.3) is 0 Å². The highest BCUT2D eigenvalue weighted by atomic mass is 32.2. The summed E-state index contributed by atoms with van der Waals surface area (Å²) in [4.78, 5) is 14.8. The number of sulfonamides is 1. The Balaban J connectivity index is 1.45. The number of aliphatic hydroxyl groups is 1. The zero-order chi connectivity index (χ0) is 22.3. The molecule has 2 heterocycles. The van der Waals surface area contributed by atoms with Crippen molar-refractivity contribution in [1.82, 2.24) is 14.9 Å². The number of carbonyl (C=O) groups excluding carboxylic acids is 1. The standard InChI is InChI=1S/C22H35N3O5S/c1-17-5-8-19(9-6-17)31(28,29)24-20-10-7-18(30-21(20)16-26)15-22(27)23-11-14-25-12-3-2-4-13-25/h5-6,8-9,18,20-21,24,26H,2-4,7,10-16H2,1H3,(H,23,27)/t18-,20+,21-/m0/s1. The Bertz CT molecular complexity index is 809. The Morgan fingerprint density at radius 3 is 2.55 bits per heavy atom. The lowest BCUT2D eigenvalue weighted by Gasteiger charge is -2.35. The molecule has 8 nitrogen and oxygen atoms in total. The summed E-state index contributed by atoms with van der Waals surface area (Å²) < 4.78 is 33.9. The fourth-order valence-electron chi connectivity index (χ4n) is 4.22. The fraction of sp³-hybridized carbons (Fsp3) is 0.682. The minimum absolute atomic E-state index is 0.0719. The van der Waals surface area contributed by atoms with Crippen molar-refractivity contribution in [3.8, 4) is 0 Å². The topological polar surface area (TPSA) is 108 Å². The summed E-state index contributed by atoms with van der Waals surface area (Å²) in [5, 5.41) is 12.7. The van der Waals surface area contributed by atoms with Crippen LogP contribution in [0.15, 0.2) is 29.2 Å². The average molecular weight is 454 g/mol. The molecule has 174 valence electrons. The molecule has 2 fully saturated rings. The quantitative estimate of drug-likeness (QED) is 0.518. The van der Waals surface area contributed by atoms with Gasteiger partial charge in [0.15, 0.2) is 0 Å². The number of aryl methyl sites for hydroxylation is 1. The number of amides is 1. The summed E-state index contributed by atoms with van der Waals surface area (Å²) in [5.41, 5.74) is 0.977. The van der Waals surface area contributed by atoms with E-state index in [0.717, 1.165) is 25.2 Å². The van der Waals surface area contributed by atoms with Crippen molar-refractivity contribution in [2.75, 3.05) is 32.8 Å². The molecule has 0 bridgehead atoms. The van der Waals surface area contributed by atoms with Crippen LogP contribution in [0.1, 0.15) is 44.1 Å². The van der Waals surface area contributed by atoms with Crippen molar-refractivity contribution < 1.29 is 23.1 Å². The predicted octanol–water partition coefficient (Wildman–Crippen LogP) is 1.17. The number of rotatable bonds is 9. The van der Waals surface area contributed by atoms with Gasteiger partial charge in [-0.05, 0) is 57.8 Å². The number of likely N-dealkylation sites (tertiary alicyclic amines) is 1. The van der Waals surface area contributed by atoms with Crippen LogP contribution in [0.5, 0.6) is 0 Å². The molecule has 0 aliphatic carbocycles. The highest BCUT2D eigenvalue weighted by Gasteiger charge is 2.34. The van der Waals surface area contributed by atoms with Gasteiger partial charge in [0.1, 0.15) is 0 Å². The monoisotopic (exact) mass is 453 g/mol. The van der Waals surface area contributed by atoms with E-state index in [4.69, 9.17) is 4.74 Å². The Kier molecular flexibility index (Phi) is 8.85. The van der Waals surface area contributed by atoms with E-state index in [2.05, 4.69) is 14.9 Å². The van der Waals surface area contributed by atoms with E-state index in [1.165, 1.54) is 19.3 Å². The number of hydrogen-bond acceptors (Lipinski definition) is 6. The van der Waals surface area contributed by atoms with Crippen molar-refractivity contribution in [2.45, 2.75) is 68.6 Å². The number of benzene rings is 1. The molecule has 2 saturated heterocycles. The summed E-state index contributed by atoms with van der Waals surface area (Å²) >= 11 is 0. The fourth-order valence-corrected chi connectivity index (χ4v) is 5.52. The van der Waals surface area contributed by atoms with Crippen LogP contribution in [-0.2, 0) is 19.6 Å². The molecule has 0 unspecified atom stereocenters. The number of hydrogen-bond donors (Lipinski definition) is 3. The summed E-state index contributed by atoms with van der Waals surface area (Å²) in [6.07, 6.45) is 4.00. The molecule has 3 atom stereocenters. The molecule has 1 aromatic carbocycles. The third-order valence-electron chi connectivity index (χ3n) is 6.05. The first-order valence-electron chi connectivity index (χ1n) is 11.2. The van der Waals surface area contributed by atoms with Gasteiger partial charge < -0.3 is 20.1 Å². The number of aliphatic hydroxyl groups excluding tert-OH is 1. The molecule has 0 spiro atoms. The third kappa shape index (κ3) is 7.25. The van der Waals surface area contributed by atoms with E-state index in [1.807, 2.05) is 6.92 Å². The molecule has 3 rings (SSSR count). The first-order chi connectivity index (χ1) is 14.9. The van der Waals surface area contributed by atoms with Gasteiger partial charge in [-0.3, -0.25) is 4.79 Å². The molecule has 9 heteroatoms. The molecule has 31 heavy (non-hydrogen) atoms. The molecule has 3 N–H and O–H groups in total. The van der Waals surface area contributed by atoms with Crippen molar-refractivity contribution in [2.24, 2.45) is 0 Å². The molecule has 0 aromatic heterocycles. The van der Waals surface area contributed by atoms with Crippen LogP contribution in [0.4, 0.5) is 0 Å². The van der Waals surface area contributed by atoms with Crippen molar-refractivity contribution >= 4 is 15.9 Å². The average Bonchev–Trinajstić information content (AvgIpc) is 2.75. The van der Waals surface area contributed by atoms with E-state index in [9.17, 15) is 18.3 Å². The van der Waals surface area contributed by atoms with E-state index in [-0.39, 0.29) is 29.9 Å². The Morgan fingerprint density at radius 2 is 1.87 bits per heavy atom. The number of carbonyl (C=O) groups is 1. The van der Waals surface area contributed by atoms with E-state index >= 15 is 0 Å². The number of nitrogens with one attached hydrogen (secondary N) is 2. The van der Waals surface area contributed by atoms with Crippen LogP contribution >= 0.6 is 0 Å². The SMILES string of the molecule is Cc1ccc(S(=O)(=O)N[C@@H]2CC[C@@H](CC(=O)NCCN3CCCCC3)O[C@H]2CO)cc1. The predicted molar refractivity (Wildman–Crippen MR) is 118 cm³/mol. The molecular weight excluding hydrogens is 418 g/mol. The van der Waals surface area contributed by atoms with Gasteiger partial charge in [0.2, 0.25) is 15.9 Å². The van der Waals surface area contributed by atoms with Gasteiger partial charge in [-0.15, -0.1) is 0 Å². The normalized spacial score (nSPS) is 25.3. The number of piperidine rings is 1. The van der Waals surface area contributed by atoms with Crippen molar-refractivity contribution in [1.29, 1.82) is 0 Å². The van der Waals surface area contributed by atoms with Crippen LogP contribution in [0.25, 0.3) is 0 Å². The minimum Gasteiger partial charge on any atom is -0.394 e. The summed E-state index contributed by atoms with van der Waals surface area (Å²) in [5.74, 6) is -0.0719. The van der Waals surface area contributed by atoms with Crippen LogP contribution in [0.3, 0.4) is 0 Å². The summed E-state index contributed by atoms with van der Waals surface area (Å²) in [6, 6.07) is 6.08. The lowest BCUT2D eigenvalue weighted by atomic mass is 9.98. The van der Waals surface area contributed by atoms with Crippen molar-refractivity contribution in [3.05, 3.63) is 29.8 Å². The molecule has 1 aromatic rings. The second kappa shape index (κ2) is 11.4. The largest absolute Gasteiger partial charge is 0.394 e. The lowest BCUT2D eigenvalue weighted by Crippen LogP contribution is -2.51. The molecule has 0 saturated carbocycles. The van der Waals surface area contributed by atoms with Gasteiger partial charge in [-0.1, -0.05) is 24.1 Å². The Morgan fingerprint density at radius 1 is 1.16 bits per heavy atom. The first kappa shape index (κ1) is 24.1. The maximum Gasteiger partial charge on any atom is 0.240 e. The van der Waals surface area contributed by atoms with E-state index in [1.54, 1.807) is 24.3 Å². The highest BCUT2D eigenvalue weighted by Crippen LogP contribution is 2.23. The van der Waals surface area contributed by atoms with Gasteiger partial charge >= 0.3 is 0 Å². The molecular formula is C22H35N3O5S. The third-order valence-corrected chi connectivity index (χ3v) is 7.55. The van der Waals surface area contributed by atoms with Gasteiger partial charge in [0.05, 0.1) is 36.2 Å². The second-order valence-electron chi connectivity index (χ2n) is 8.55. The highest BCUT2D eigenvalue weighted by molar-refractivity contribution is 7.89. The smallest absolute Gasteiger partial charge is 0.240 e. The number of ether oxygens (including phenoxy) is 1.